The molecule has 1 unspecified atom stereocenters. The molecular weight excluding hydrogens is 203 g/mol. The molecule has 0 aliphatic heterocycles. The van der Waals surface area contributed by atoms with E-state index >= 15 is 0 Å². The van der Waals surface area contributed by atoms with Crippen LogP contribution in [0.2, 0.25) is 0 Å². The Bertz CT molecular complexity index is 191. The first-order valence-electron chi connectivity index (χ1n) is 2.16. The van der Waals surface area contributed by atoms with Crippen LogP contribution in [-0.4, -0.2) is 28.8 Å². The van der Waals surface area contributed by atoms with Crippen LogP contribution in [-0.2, 0) is 10.1 Å². The topological polar surface area (TPSA) is 83.6 Å². The molecule has 8 heteroatoms. The van der Waals surface area contributed by atoms with E-state index in [0.29, 0.717) is 0 Å². The lowest BCUT2D eigenvalue weighted by Gasteiger charge is -2.12. The van der Waals surface area contributed by atoms with Gasteiger partial charge in [0.05, 0.1) is 0 Å². The van der Waals surface area contributed by atoms with Gasteiger partial charge in [0.15, 0.2) is 5.37 Å². The van der Waals surface area contributed by atoms with E-state index in [0.717, 1.165) is 0 Å². The summed E-state index contributed by atoms with van der Waals surface area (Å²) in [4.78, 5) is 0. The third kappa shape index (κ3) is 3.00. The van der Waals surface area contributed by atoms with Gasteiger partial charge in [0.25, 0.3) is 10.1 Å². The molecular formula is C2H6Cl2N2O3S. The quantitative estimate of drug-likeness (QED) is 0.495. The Labute approximate surface area is 68.7 Å². The summed E-state index contributed by atoms with van der Waals surface area (Å²) < 4.78 is 29.2. The summed E-state index contributed by atoms with van der Waals surface area (Å²) in [6, 6.07) is 0. The molecule has 0 amide bonds. The first kappa shape index (κ1) is 10.4. The van der Waals surface area contributed by atoms with Crippen LogP contribution in [0.1, 0.15) is 0 Å². The van der Waals surface area contributed by atoms with Crippen LogP contribution in [0.4, 0.5) is 0 Å². The molecule has 0 rings (SSSR count). The lowest BCUT2D eigenvalue weighted by atomic mass is 10.7. The van der Waals surface area contributed by atoms with Crippen LogP contribution in [0.25, 0.3) is 0 Å². The zero-order valence-electron chi connectivity index (χ0n) is 4.74. The Balaban J connectivity index is 4.38. The van der Waals surface area contributed by atoms with Gasteiger partial charge in [-0.1, -0.05) is 0 Å². The largest absolute Gasteiger partial charge is 0.328 e. The fourth-order valence-electron chi connectivity index (χ4n) is 0.302. The SMILES string of the molecule is NCC(N(Cl)Cl)S(=O)(=O)O. The van der Waals surface area contributed by atoms with Gasteiger partial charge in [-0.3, -0.25) is 4.55 Å². The van der Waals surface area contributed by atoms with Crippen molar-refractivity contribution in [3.8, 4) is 0 Å². The number of nitrogens with two attached hydrogens (primary N) is 1. The lowest BCUT2D eigenvalue weighted by Crippen LogP contribution is -2.36. The maximum absolute atomic E-state index is 10.3. The number of rotatable bonds is 3. The van der Waals surface area contributed by atoms with E-state index < -0.39 is 15.5 Å². The normalized spacial score (nSPS) is 15.7. The summed E-state index contributed by atoms with van der Waals surface area (Å²) in [5.41, 5.74) is 4.91. The zero-order valence-corrected chi connectivity index (χ0v) is 7.07. The smallest absolute Gasteiger partial charge is 0.285 e. The van der Waals surface area contributed by atoms with Crippen molar-refractivity contribution in [1.29, 1.82) is 0 Å². The molecule has 0 saturated carbocycles. The third-order valence-corrected chi connectivity index (χ3v) is 2.56. The maximum atomic E-state index is 10.3. The van der Waals surface area contributed by atoms with Gasteiger partial charge in [-0.05, 0) is 23.6 Å². The van der Waals surface area contributed by atoms with E-state index in [2.05, 4.69) is 0 Å². The highest BCUT2D eigenvalue weighted by molar-refractivity contribution is 7.86. The van der Waals surface area contributed by atoms with E-state index in [1.54, 1.807) is 0 Å². The number of hydrogen-bond acceptors (Lipinski definition) is 4. The molecule has 0 radical (unpaired) electrons. The van der Waals surface area contributed by atoms with Crippen LogP contribution < -0.4 is 5.73 Å². The van der Waals surface area contributed by atoms with Gasteiger partial charge in [-0.25, -0.2) is 0 Å². The first-order chi connectivity index (χ1) is 4.39. The van der Waals surface area contributed by atoms with Crippen LogP contribution in [0, 0.1) is 0 Å². The minimum absolute atomic E-state index is 0.287. The highest BCUT2D eigenvalue weighted by Crippen LogP contribution is 2.10. The molecule has 0 fully saturated rings. The van der Waals surface area contributed by atoms with Gasteiger partial charge in [0.2, 0.25) is 0 Å². The second-order valence-electron chi connectivity index (χ2n) is 1.46. The number of nitrogens with zero attached hydrogens (tertiary/aromatic N) is 1. The second kappa shape index (κ2) is 3.70. The van der Waals surface area contributed by atoms with Gasteiger partial charge in [0.1, 0.15) is 0 Å². The Morgan fingerprint density at radius 3 is 2.00 bits per heavy atom. The summed E-state index contributed by atoms with van der Waals surface area (Å²) >= 11 is 10.0. The molecule has 0 aliphatic rings. The minimum Gasteiger partial charge on any atom is -0.328 e. The predicted molar refractivity (Wildman–Crippen MR) is 37.9 cm³/mol. The average Bonchev–Trinajstić information content (AvgIpc) is 1.60. The molecule has 0 aliphatic carbocycles. The summed E-state index contributed by atoms with van der Waals surface area (Å²) in [5, 5.41) is -1.46. The van der Waals surface area contributed by atoms with Crippen molar-refractivity contribution in [2.24, 2.45) is 5.73 Å². The van der Waals surface area contributed by atoms with Gasteiger partial charge in [0, 0.05) is 6.54 Å². The predicted octanol–water partition coefficient (Wildman–Crippen LogP) is -0.231. The molecule has 0 saturated heterocycles. The van der Waals surface area contributed by atoms with Crippen molar-refractivity contribution in [3.63, 3.8) is 0 Å². The average molecular weight is 209 g/mol. The van der Waals surface area contributed by atoms with Crippen molar-refractivity contribution in [2.75, 3.05) is 6.54 Å². The van der Waals surface area contributed by atoms with Crippen LogP contribution in [0.5, 0.6) is 0 Å². The lowest BCUT2D eigenvalue weighted by molar-refractivity contribution is 0.443. The molecule has 10 heavy (non-hydrogen) atoms. The summed E-state index contributed by atoms with van der Waals surface area (Å²) in [6.07, 6.45) is 0. The van der Waals surface area contributed by atoms with Crippen molar-refractivity contribution in [1.82, 2.24) is 3.94 Å². The van der Waals surface area contributed by atoms with E-state index in [4.69, 9.17) is 33.8 Å². The van der Waals surface area contributed by atoms with E-state index in [1.165, 1.54) is 0 Å². The van der Waals surface area contributed by atoms with E-state index in [-0.39, 0.29) is 10.5 Å². The van der Waals surface area contributed by atoms with Crippen molar-refractivity contribution in [2.45, 2.75) is 5.37 Å². The van der Waals surface area contributed by atoms with Gasteiger partial charge >= 0.3 is 0 Å². The molecule has 0 heterocycles. The fraction of sp³-hybridized carbons (Fsp3) is 1.00. The molecule has 62 valence electrons. The second-order valence-corrected chi connectivity index (χ2v) is 3.94. The Morgan fingerprint density at radius 1 is 1.60 bits per heavy atom. The summed E-state index contributed by atoms with van der Waals surface area (Å²) in [7, 11) is -4.28. The third-order valence-electron chi connectivity index (χ3n) is 0.763. The maximum Gasteiger partial charge on any atom is 0.285 e. The van der Waals surface area contributed by atoms with Crippen molar-refractivity contribution in [3.05, 3.63) is 0 Å². The van der Waals surface area contributed by atoms with Crippen LogP contribution in [0.3, 0.4) is 0 Å². The molecule has 0 aromatic heterocycles. The zero-order chi connectivity index (χ0) is 8.36. The molecule has 0 aromatic rings. The molecule has 3 N–H and O–H groups in total. The van der Waals surface area contributed by atoms with Gasteiger partial charge in [-0.15, -0.1) is 3.94 Å². The van der Waals surface area contributed by atoms with Crippen molar-refractivity contribution >= 4 is 33.7 Å². The molecule has 1 atom stereocenters. The number of halogens is 2. The Morgan fingerprint density at radius 2 is 2.00 bits per heavy atom. The molecule has 5 nitrogen and oxygen atoms in total. The minimum atomic E-state index is -4.28. The number of hydrogen-bond donors (Lipinski definition) is 2. The van der Waals surface area contributed by atoms with Crippen molar-refractivity contribution < 1.29 is 13.0 Å². The first-order valence-corrected chi connectivity index (χ1v) is 4.34. The van der Waals surface area contributed by atoms with E-state index in [9.17, 15) is 8.42 Å². The summed E-state index contributed by atoms with van der Waals surface area (Å²) in [6.45, 7) is -0.369. The van der Waals surface area contributed by atoms with Gasteiger partial charge in [-0.2, -0.15) is 8.42 Å². The van der Waals surface area contributed by atoms with Gasteiger partial charge < -0.3 is 5.73 Å². The standard InChI is InChI=1S/C2H6Cl2N2O3S/c3-6(4)2(1-5)10(7,8)9/h2H,1,5H2,(H,7,8,9). The highest BCUT2D eigenvalue weighted by atomic mass is 35.5. The Kier molecular flexibility index (Phi) is 3.85. The Hall–Kier alpha value is 0.410. The van der Waals surface area contributed by atoms with Crippen LogP contribution in [0.15, 0.2) is 0 Å². The fourth-order valence-corrected chi connectivity index (χ4v) is 1.51. The monoisotopic (exact) mass is 208 g/mol. The van der Waals surface area contributed by atoms with Crippen LogP contribution >= 0.6 is 23.6 Å². The summed E-state index contributed by atoms with van der Waals surface area (Å²) in [5.74, 6) is 0. The van der Waals surface area contributed by atoms with E-state index in [1.807, 2.05) is 0 Å². The highest BCUT2D eigenvalue weighted by Gasteiger charge is 2.26. The molecule has 0 spiro atoms. The molecule has 0 bridgehead atoms. The molecule has 0 aromatic carbocycles.